The SMILES string of the molecule is Cc1ccc(S(=O)(=O)N2CCCO[C@@H]2CNC(=O)C(=O)NCCc2ccc(F)cc2)cc1. The molecule has 1 aliphatic rings. The predicted octanol–water partition coefficient (Wildman–Crippen LogP) is 1.35. The molecule has 2 N–H and O–H groups in total. The molecule has 0 saturated carbocycles. The first kappa shape index (κ1) is 23.8. The predicted molar refractivity (Wildman–Crippen MR) is 116 cm³/mol. The van der Waals surface area contributed by atoms with Crippen LogP contribution < -0.4 is 10.6 Å². The average molecular weight is 464 g/mol. The average Bonchev–Trinajstić information content (AvgIpc) is 2.79. The van der Waals surface area contributed by atoms with Crippen molar-refractivity contribution in [3.05, 3.63) is 65.5 Å². The molecule has 0 unspecified atom stereocenters. The number of halogens is 1. The van der Waals surface area contributed by atoms with Crippen LogP contribution in [0.5, 0.6) is 0 Å². The number of sulfonamides is 1. The Bertz CT molecular complexity index is 1040. The number of amides is 2. The standard InChI is InChI=1S/C22H26FN3O5S/c1-16-3-9-19(10-4-16)32(29,30)26-13-2-14-31-20(26)15-25-22(28)21(27)24-12-11-17-5-7-18(23)8-6-17/h3-10,20H,2,11-15H2,1H3,(H,24,27)(H,25,28)/t20-/m1/s1. The van der Waals surface area contributed by atoms with Gasteiger partial charge in [-0.2, -0.15) is 4.31 Å². The number of rotatable bonds is 7. The Balaban J connectivity index is 1.53. The minimum atomic E-state index is -3.81. The molecule has 1 saturated heterocycles. The molecule has 3 rings (SSSR count). The number of hydrogen-bond acceptors (Lipinski definition) is 5. The van der Waals surface area contributed by atoms with Crippen molar-refractivity contribution in [3.63, 3.8) is 0 Å². The van der Waals surface area contributed by atoms with E-state index in [1.54, 1.807) is 24.3 Å². The second-order valence-corrected chi connectivity index (χ2v) is 9.34. The minimum absolute atomic E-state index is 0.142. The van der Waals surface area contributed by atoms with E-state index in [9.17, 15) is 22.4 Å². The molecule has 2 aromatic rings. The van der Waals surface area contributed by atoms with Gasteiger partial charge in [-0.15, -0.1) is 0 Å². The summed E-state index contributed by atoms with van der Waals surface area (Å²) in [6.07, 6.45) is 0.0542. The zero-order chi connectivity index (χ0) is 23.1. The van der Waals surface area contributed by atoms with Crippen LogP contribution >= 0.6 is 0 Å². The molecule has 0 radical (unpaired) electrons. The number of benzene rings is 2. The van der Waals surface area contributed by atoms with Gasteiger partial charge in [-0.25, -0.2) is 12.8 Å². The van der Waals surface area contributed by atoms with E-state index < -0.39 is 28.1 Å². The summed E-state index contributed by atoms with van der Waals surface area (Å²) >= 11 is 0. The summed E-state index contributed by atoms with van der Waals surface area (Å²) in [6, 6.07) is 12.3. The molecule has 32 heavy (non-hydrogen) atoms. The van der Waals surface area contributed by atoms with Crippen molar-refractivity contribution in [3.8, 4) is 0 Å². The maximum Gasteiger partial charge on any atom is 0.309 e. The summed E-state index contributed by atoms with van der Waals surface area (Å²) in [6.45, 7) is 2.51. The second kappa shape index (κ2) is 10.7. The van der Waals surface area contributed by atoms with Crippen LogP contribution in [0, 0.1) is 12.7 Å². The van der Waals surface area contributed by atoms with Crippen LogP contribution in [0.15, 0.2) is 53.4 Å². The van der Waals surface area contributed by atoms with Crippen molar-refractivity contribution in [2.45, 2.75) is 30.9 Å². The molecule has 0 aliphatic carbocycles. The van der Waals surface area contributed by atoms with Crippen LogP contribution in [0.25, 0.3) is 0 Å². The lowest BCUT2D eigenvalue weighted by molar-refractivity contribution is -0.140. The lowest BCUT2D eigenvalue weighted by atomic mass is 10.1. The molecule has 172 valence electrons. The number of nitrogens with one attached hydrogen (secondary N) is 2. The highest BCUT2D eigenvalue weighted by Gasteiger charge is 2.34. The molecule has 1 atom stereocenters. The maximum atomic E-state index is 13.0. The molecule has 2 amide bonds. The van der Waals surface area contributed by atoms with Gasteiger partial charge in [-0.3, -0.25) is 9.59 Å². The molecule has 0 bridgehead atoms. The summed E-state index contributed by atoms with van der Waals surface area (Å²) < 4.78 is 45.7. The fraction of sp³-hybridized carbons (Fsp3) is 0.364. The zero-order valence-electron chi connectivity index (χ0n) is 17.7. The van der Waals surface area contributed by atoms with Gasteiger partial charge in [0.05, 0.1) is 18.0 Å². The maximum absolute atomic E-state index is 13.0. The Hall–Kier alpha value is -2.82. The lowest BCUT2D eigenvalue weighted by Crippen LogP contribution is -2.53. The van der Waals surface area contributed by atoms with Gasteiger partial charge in [0.25, 0.3) is 0 Å². The first-order chi connectivity index (χ1) is 15.3. The van der Waals surface area contributed by atoms with Crippen LogP contribution in [-0.2, 0) is 30.8 Å². The van der Waals surface area contributed by atoms with Crippen LogP contribution in [0.3, 0.4) is 0 Å². The fourth-order valence-corrected chi connectivity index (χ4v) is 4.83. The Morgan fingerprint density at radius 2 is 1.72 bits per heavy atom. The van der Waals surface area contributed by atoms with Gasteiger partial charge in [0, 0.05) is 13.1 Å². The van der Waals surface area contributed by atoms with Crippen molar-refractivity contribution < 1.29 is 27.1 Å². The minimum Gasteiger partial charge on any atom is -0.360 e. The number of ether oxygens (including phenoxy) is 1. The Labute approximate surface area is 186 Å². The third-order valence-electron chi connectivity index (χ3n) is 5.04. The van der Waals surface area contributed by atoms with E-state index in [1.165, 1.54) is 28.6 Å². The van der Waals surface area contributed by atoms with Crippen molar-refractivity contribution >= 4 is 21.8 Å². The highest BCUT2D eigenvalue weighted by atomic mass is 32.2. The van der Waals surface area contributed by atoms with Gasteiger partial charge < -0.3 is 15.4 Å². The summed E-state index contributed by atoms with van der Waals surface area (Å²) in [5.41, 5.74) is 1.76. The highest BCUT2D eigenvalue weighted by molar-refractivity contribution is 7.89. The van der Waals surface area contributed by atoms with E-state index in [0.717, 1.165) is 11.1 Å². The first-order valence-electron chi connectivity index (χ1n) is 10.3. The van der Waals surface area contributed by atoms with Crippen LogP contribution in [0.4, 0.5) is 4.39 Å². The second-order valence-electron chi connectivity index (χ2n) is 7.45. The van der Waals surface area contributed by atoms with Gasteiger partial charge in [0.1, 0.15) is 12.0 Å². The molecular weight excluding hydrogens is 437 g/mol. The van der Waals surface area contributed by atoms with Gasteiger partial charge in [0.15, 0.2) is 0 Å². The summed E-state index contributed by atoms with van der Waals surface area (Å²) in [7, 11) is -3.81. The highest BCUT2D eigenvalue weighted by Crippen LogP contribution is 2.22. The van der Waals surface area contributed by atoms with E-state index in [4.69, 9.17) is 4.74 Å². The number of nitrogens with zero attached hydrogens (tertiary/aromatic N) is 1. The van der Waals surface area contributed by atoms with Gasteiger partial charge in [0.2, 0.25) is 10.0 Å². The zero-order valence-corrected chi connectivity index (χ0v) is 18.5. The Kier molecular flexibility index (Phi) is 7.94. The van der Waals surface area contributed by atoms with Crippen molar-refractivity contribution in [1.82, 2.24) is 14.9 Å². The smallest absolute Gasteiger partial charge is 0.309 e. The van der Waals surface area contributed by atoms with E-state index >= 15 is 0 Å². The molecule has 8 nitrogen and oxygen atoms in total. The number of carbonyl (C=O) groups is 2. The third kappa shape index (κ3) is 6.12. The molecule has 2 aromatic carbocycles. The molecule has 0 aromatic heterocycles. The van der Waals surface area contributed by atoms with E-state index in [1.807, 2.05) is 6.92 Å². The molecular formula is C22H26FN3O5S. The lowest BCUT2D eigenvalue weighted by Gasteiger charge is -2.34. The van der Waals surface area contributed by atoms with Crippen LogP contribution in [-0.4, -0.2) is 57.0 Å². The Morgan fingerprint density at radius 3 is 2.41 bits per heavy atom. The van der Waals surface area contributed by atoms with E-state index in [0.29, 0.717) is 19.4 Å². The number of hydrogen-bond donors (Lipinski definition) is 2. The molecule has 10 heteroatoms. The van der Waals surface area contributed by atoms with E-state index in [2.05, 4.69) is 10.6 Å². The van der Waals surface area contributed by atoms with Crippen molar-refractivity contribution in [1.29, 1.82) is 0 Å². The number of aryl methyl sites for hydroxylation is 1. The molecule has 1 aliphatic heterocycles. The molecule has 1 fully saturated rings. The first-order valence-corrected chi connectivity index (χ1v) is 11.7. The topological polar surface area (TPSA) is 105 Å². The van der Waals surface area contributed by atoms with Gasteiger partial charge in [-0.1, -0.05) is 29.8 Å². The number of carbonyl (C=O) groups excluding carboxylic acids is 2. The van der Waals surface area contributed by atoms with Crippen LogP contribution in [0.2, 0.25) is 0 Å². The van der Waals surface area contributed by atoms with Crippen molar-refractivity contribution in [2.24, 2.45) is 0 Å². The normalized spacial score (nSPS) is 17.0. The fourth-order valence-electron chi connectivity index (χ4n) is 3.26. The van der Waals surface area contributed by atoms with Gasteiger partial charge in [-0.05, 0) is 49.6 Å². The molecule has 0 spiro atoms. The summed E-state index contributed by atoms with van der Waals surface area (Å²) in [4.78, 5) is 24.3. The van der Waals surface area contributed by atoms with E-state index in [-0.39, 0.29) is 30.3 Å². The largest absolute Gasteiger partial charge is 0.360 e. The Morgan fingerprint density at radius 1 is 1.06 bits per heavy atom. The van der Waals surface area contributed by atoms with Crippen molar-refractivity contribution in [2.75, 3.05) is 26.2 Å². The van der Waals surface area contributed by atoms with Crippen LogP contribution in [0.1, 0.15) is 17.5 Å². The van der Waals surface area contributed by atoms with Gasteiger partial charge >= 0.3 is 11.8 Å². The quantitative estimate of drug-likeness (QED) is 0.603. The monoisotopic (exact) mass is 463 g/mol. The molecule has 1 heterocycles. The summed E-state index contributed by atoms with van der Waals surface area (Å²) in [5.74, 6) is -2.07. The third-order valence-corrected chi connectivity index (χ3v) is 6.94. The summed E-state index contributed by atoms with van der Waals surface area (Å²) in [5, 5.41) is 4.93.